The van der Waals surface area contributed by atoms with E-state index in [0.29, 0.717) is 0 Å². The van der Waals surface area contributed by atoms with Gasteiger partial charge in [0.15, 0.2) is 0 Å². The lowest BCUT2D eigenvalue weighted by Crippen LogP contribution is -2.46. The Morgan fingerprint density at radius 1 is 1.60 bits per heavy atom. The molecule has 0 aromatic carbocycles. The molecule has 0 aliphatic carbocycles. The Labute approximate surface area is 87.8 Å². The second kappa shape index (κ2) is 7.58. The molecule has 0 unspecified atom stereocenters. The van der Waals surface area contributed by atoms with Gasteiger partial charge < -0.3 is 15.8 Å². The molecule has 0 saturated carbocycles. The van der Waals surface area contributed by atoms with Crippen LogP contribution in [0, 0.1) is 11.3 Å². The fraction of sp³-hybridized carbons (Fsp3) is 0.625. The molecule has 15 heavy (non-hydrogen) atoms. The van der Waals surface area contributed by atoms with Crippen LogP contribution >= 0.6 is 0 Å². The standard InChI is InChI=1S/C8H14N4O3/c1-2-15-8(14)12(6-4-10)7(13)11-5-3-9/h2,4-6,10H2,1H3,(H,11,13). The average molecular weight is 214 g/mol. The summed E-state index contributed by atoms with van der Waals surface area (Å²) in [7, 11) is 0. The van der Waals surface area contributed by atoms with Gasteiger partial charge in [-0.1, -0.05) is 0 Å². The zero-order valence-corrected chi connectivity index (χ0v) is 8.52. The van der Waals surface area contributed by atoms with Gasteiger partial charge in [0.1, 0.15) is 6.54 Å². The van der Waals surface area contributed by atoms with Crippen molar-refractivity contribution in [3.05, 3.63) is 0 Å². The number of nitrogens with two attached hydrogens (primary N) is 1. The van der Waals surface area contributed by atoms with Crippen LogP contribution in [0.4, 0.5) is 9.59 Å². The maximum Gasteiger partial charge on any atom is 0.418 e. The zero-order valence-electron chi connectivity index (χ0n) is 8.52. The molecule has 0 aliphatic rings. The maximum atomic E-state index is 11.3. The predicted octanol–water partition coefficient (Wildman–Crippen LogP) is -0.363. The molecule has 0 bridgehead atoms. The van der Waals surface area contributed by atoms with Crippen molar-refractivity contribution < 1.29 is 14.3 Å². The number of ether oxygens (including phenoxy) is 1. The summed E-state index contributed by atoms with van der Waals surface area (Å²) in [5.41, 5.74) is 5.24. The van der Waals surface area contributed by atoms with Gasteiger partial charge in [0.05, 0.1) is 12.7 Å². The van der Waals surface area contributed by atoms with E-state index in [1.807, 2.05) is 0 Å². The van der Waals surface area contributed by atoms with Crippen molar-refractivity contribution in [1.29, 1.82) is 5.26 Å². The lowest BCUT2D eigenvalue weighted by atomic mass is 10.5. The van der Waals surface area contributed by atoms with Crippen LogP contribution in [0.15, 0.2) is 0 Å². The van der Waals surface area contributed by atoms with Crippen molar-refractivity contribution in [3.8, 4) is 6.07 Å². The molecule has 7 heteroatoms. The number of hydrogen-bond acceptors (Lipinski definition) is 5. The first-order chi connectivity index (χ1) is 7.17. The fourth-order valence-electron chi connectivity index (χ4n) is 0.817. The molecule has 0 spiro atoms. The van der Waals surface area contributed by atoms with E-state index in [1.165, 1.54) is 0 Å². The van der Waals surface area contributed by atoms with Crippen LogP contribution in [0.3, 0.4) is 0 Å². The largest absolute Gasteiger partial charge is 0.449 e. The molecule has 0 radical (unpaired) electrons. The van der Waals surface area contributed by atoms with Gasteiger partial charge in [-0.2, -0.15) is 5.26 Å². The van der Waals surface area contributed by atoms with E-state index in [1.54, 1.807) is 13.0 Å². The first-order valence-corrected chi connectivity index (χ1v) is 4.46. The first kappa shape index (κ1) is 13.2. The maximum absolute atomic E-state index is 11.3. The molecule has 3 N–H and O–H groups in total. The van der Waals surface area contributed by atoms with E-state index in [2.05, 4.69) is 10.1 Å². The predicted molar refractivity (Wildman–Crippen MR) is 51.8 cm³/mol. The number of nitriles is 1. The fourth-order valence-corrected chi connectivity index (χ4v) is 0.817. The summed E-state index contributed by atoms with van der Waals surface area (Å²) in [5, 5.41) is 10.5. The zero-order chi connectivity index (χ0) is 11.7. The van der Waals surface area contributed by atoms with Crippen LogP contribution < -0.4 is 11.1 Å². The van der Waals surface area contributed by atoms with Crippen LogP contribution in [-0.4, -0.2) is 43.3 Å². The van der Waals surface area contributed by atoms with Crippen molar-refractivity contribution in [2.24, 2.45) is 5.73 Å². The molecule has 0 saturated heterocycles. The smallest absolute Gasteiger partial charge is 0.418 e. The van der Waals surface area contributed by atoms with Gasteiger partial charge in [-0.3, -0.25) is 0 Å². The number of hydrogen-bond donors (Lipinski definition) is 2. The third kappa shape index (κ3) is 4.83. The Balaban J connectivity index is 4.31. The molecule has 84 valence electrons. The number of imide groups is 1. The molecule has 0 atom stereocenters. The Hall–Kier alpha value is -1.81. The molecule has 3 amide bonds. The van der Waals surface area contributed by atoms with Gasteiger partial charge in [0, 0.05) is 13.1 Å². The minimum atomic E-state index is -0.765. The minimum Gasteiger partial charge on any atom is -0.449 e. The summed E-state index contributed by atoms with van der Waals surface area (Å²) in [6.45, 7) is 1.82. The number of carbonyl (C=O) groups is 2. The lowest BCUT2D eigenvalue weighted by Gasteiger charge is -2.18. The van der Waals surface area contributed by atoms with Crippen LogP contribution in [0.1, 0.15) is 6.92 Å². The van der Waals surface area contributed by atoms with Gasteiger partial charge in [-0.25, -0.2) is 14.5 Å². The van der Waals surface area contributed by atoms with Crippen molar-refractivity contribution >= 4 is 12.1 Å². The SMILES string of the molecule is CCOC(=O)N(CCN)C(=O)NCC#N. The van der Waals surface area contributed by atoms with Crippen LogP contribution in [0.25, 0.3) is 0 Å². The first-order valence-electron chi connectivity index (χ1n) is 4.46. The van der Waals surface area contributed by atoms with E-state index in [0.717, 1.165) is 4.90 Å². The van der Waals surface area contributed by atoms with E-state index in [9.17, 15) is 9.59 Å². The minimum absolute atomic E-state index is 0.0517. The second-order valence-electron chi connectivity index (χ2n) is 2.46. The van der Waals surface area contributed by atoms with E-state index < -0.39 is 12.1 Å². The Morgan fingerprint density at radius 3 is 2.73 bits per heavy atom. The van der Waals surface area contributed by atoms with Crippen molar-refractivity contribution in [2.75, 3.05) is 26.2 Å². The van der Waals surface area contributed by atoms with Gasteiger partial charge in [-0.05, 0) is 6.92 Å². The van der Waals surface area contributed by atoms with Crippen LogP contribution in [0.2, 0.25) is 0 Å². The number of nitrogens with zero attached hydrogens (tertiary/aromatic N) is 2. The average Bonchev–Trinajstić information content (AvgIpc) is 2.22. The van der Waals surface area contributed by atoms with Crippen LogP contribution in [0.5, 0.6) is 0 Å². The normalized spacial score (nSPS) is 8.87. The molecule has 0 heterocycles. The van der Waals surface area contributed by atoms with Crippen molar-refractivity contribution in [3.63, 3.8) is 0 Å². The Kier molecular flexibility index (Phi) is 6.67. The monoisotopic (exact) mass is 214 g/mol. The summed E-state index contributed by atoms with van der Waals surface area (Å²) in [5.74, 6) is 0. The molecule has 0 rings (SSSR count). The molecule has 7 nitrogen and oxygen atoms in total. The topological polar surface area (TPSA) is 108 Å². The van der Waals surface area contributed by atoms with Crippen LogP contribution in [-0.2, 0) is 4.74 Å². The number of rotatable bonds is 4. The molecule has 0 aromatic heterocycles. The highest BCUT2D eigenvalue weighted by molar-refractivity contribution is 5.90. The quantitative estimate of drug-likeness (QED) is 0.621. The van der Waals surface area contributed by atoms with E-state index in [4.69, 9.17) is 11.0 Å². The highest BCUT2D eigenvalue weighted by Gasteiger charge is 2.21. The number of carbonyl (C=O) groups excluding carboxylic acids is 2. The molecule has 0 fully saturated rings. The summed E-state index contributed by atoms with van der Waals surface area (Å²) in [6.07, 6.45) is -0.765. The van der Waals surface area contributed by atoms with Crippen molar-refractivity contribution in [2.45, 2.75) is 6.92 Å². The number of nitrogens with one attached hydrogen (secondary N) is 1. The summed E-state index contributed by atoms with van der Waals surface area (Å²) in [6, 6.07) is 1.04. The number of urea groups is 1. The molecule has 0 aliphatic heterocycles. The lowest BCUT2D eigenvalue weighted by molar-refractivity contribution is 0.115. The Morgan fingerprint density at radius 2 is 2.27 bits per heavy atom. The van der Waals surface area contributed by atoms with Gasteiger partial charge >= 0.3 is 12.1 Å². The van der Waals surface area contributed by atoms with E-state index in [-0.39, 0.29) is 26.2 Å². The molecular formula is C8H14N4O3. The third-order valence-electron chi connectivity index (χ3n) is 1.40. The van der Waals surface area contributed by atoms with Gasteiger partial charge in [0.2, 0.25) is 0 Å². The van der Waals surface area contributed by atoms with Gasteiger partial charge in [-0.15, -0.1) is 0 Å². The summed E-state index contributed by atoms with van der Waals surface area (Å²) in [4.78, 5) is 23.4. The highest BCUT2D eigenvalue weighted by atomic mass is 16.6. The highest BCUT2D eigenvalue weighted by Crippen LogP contribution is 1.94. The van der Waals surface area contributed by atoms with E-state index >= 15 is 0 Å². The molecular weight excluding hydrogens is 200 g/mol. The number of amides is 3. The summed E-state index contributed by atoms with van der Waals surface area (Å²) < 4.78 is 4.65. The summed E-state index contributed by atoms with van der Waals surface area (Å²) >= 11 is 0. The van der Waals surface area contributed by atoms with Gasteiger partial charge in [0.25, 0.3) is 0 Å². The second-order valence-corrected chi connectivity index (χ2v) is 2.46. The third-order valence-corrected chi connectivity index (χ3v) is 1.40. The molecule has 0 aromatic rings. The Bertz CT molecular complexity index is 261. The van der Waals surface area contributed by atoms with Crippen molar-refractivity contribution in [1.82, 2.24) is 10.2 Å².